The van der Waals surface area contributed by atoms with E-state index in [0.717, 1.165) is 12.1 Å². The molecule has 0 aromatic heterocycles. The molecule has 0 saturated carbocycles. The lowest BCUT2D eigenvalue weighted by Gasteiger charge is -2.53. The van der Waals surface area contributed by atoms with E-state index in [4.69, 9.17) is 0 Å². The standard InChI is InChI=1S/C14H29N3/c1-11(2)16-7-6-13-14(10-16)17(12(3)4)9-8-15(13)5/h11-14H,6-10H2,1-5H3. The van der Waals surface area contributed by atoms with Crippen LogP contribution >= 0.6 is 0 Å². The average Bonchev–Trinajstić information content (AvgIpc) is 2.28. The van der Waals surface area contributed by atoms with Gasteiger partial charge in [-0.05, 0) is 41.2 Å². The quantitative estimate of drug-likeness (QED) is 0.723. The van der Waals surface area contributed by atoms with E-state index in [1.54, 1.807) is 0 Å². The van der Waals surface area contributed by atoms with Crippen LogP contribution in [0.3, 0.4) is 0 Å². The van der Waals surface area contributed by atoms with Crippen LogP contribution in [0.1, 0.15) is 34.1 Å². The van der Waals surface area contributed by atoms with E-state index >= 15 is 0 Å². The van der Waals surface area contributed by atoms with Crippen molar-refractivity contribution in [3.8, 4) is 0 Å². The summed E-state index contributed by atoms with van der Waals surface area (Å²) in [5, 5.41) is 0. The van der Waals surface area contributed by atoms with Gasteiger partial charge in [0.15, 0.2) is 0 Å². The second kappa shape index (κ2) is 5.25. The van der Waals surface area contributed by atoms with Gasteiger partial charge < -0.3 is 4.90 Å². The average molecular weight is 239 g/mol. The van der Waals surface area contributed by atoms with Crippen LogP contribution in [0.5, 0.6) is 0 Å². The summed E-state index contributed by atoms with van der Waals surface area (Å²) < 4.78 is 0. The van der Waals surface area contributed by atoms with E-state index in [0.29, 0.717) is 12.1 Å². The highest BCUT2D eigenvalue weighted by Gasteiger charge is 2.39. The Morgan fingerprint density at radius 1 is 0.882 bits per heavy atom. The molecule has 0 aromatic rings. The predicted molar refractivity (Wildman–Crippen MR) is 73.4 cm³/mol. The lowest BCUT2D eigenvalue weighted by Crippen LogP contribution is -2.66. The topological polar surface area (TPSA) is 9.72 Å². The zero-order chi connectivity index (χ0) is 12.6. The Labute approximate surface area is 107 Å². The van der Waals surface area contributed by atoms with Crippen LogP contribution in [0, 0.1) is 0 Å². The van der Waals surface area contributed by atoms with E-state index in [2.05, 4.69) is 49.4 Å². The fourth-order valence-electron chi connectivity index (χ4n) is 3.50. The number of likely N-dealkylation sites (N-methyl/N-ethyl adjacent to an activating group) is 1. The molecule has 3 heteroatoms. The summed E-state index contributed by atoms with van der Waals surface area (Å²) in [6.07, 6.45) is 1.34. The van der Waals surface area contributed by atoms with Crippen molar-refractivity contribution < 1.29 is 0 Å². The fraction of sp³-hybridized carbons (Fsp3) is 1.00. The molecule has 2 saturated heterocycles. The van der Waals surface area contributed by atoms with Gasteiger partial charge in [0.25, 0.3) is 0 Å². The highest BCUT2D eigenvalue weighted by Crippen LogP contribution is 2.26. The van der Waals surface area contributed by atoms with Crippen LogP contribution in [0.4, 0.5) is 0 Å². The number of fused-ring (bicyclic) bond motifs is 1. The number of nitrogens with zero attached hydrogens (tertiary/aromatic N) is 3. The fourth-order valence-corrected chi connectivity index (χ4v) is 3.50. The molecule has 2 atom stereocenters. The molecule has 100 valence electrons. The van der Waals surface area contributed by atoms with E-state index < -0.39 is 0 Å². The number of likely N-dealkylation sites (tertiary alicyclic amines) is 1. The zero-order valence-electron chi connectivity index (χ0n) is 12.2. The first kappa shape index (κ1) is 13.3. The van der Waals surface area contributed by atoms with Gasteiger partial charge in [-0.25, -0.2) is 0 Å². The lowest BCUT2D eigenvalue weighted by atomic mass is 9.92. The van der Waals surface area contributed by atoms with Crippen LogP contribution in [0.25, 0.3) is 0 Å². The summed E-state index contributed by atoms with van der Waals surface area (Å²) >= 11 is 0. The molecule has 2 rings (SSSR count). The molecular weight excluding hydrogens is 210 g/mol. The number of piperidine rings is 1. The SMILES string of the molecule is CC(C)N1CCC2C(C1)N(C(C)C)CCN2C. The van der Waals surface area contributed by atoms with Crippen molar-refractivity contribution in [1.82, 2.24) is 14.7 Å². The highest BCUT2D eigenvalue weighted by atomic mass is 15.3. The van der Waals surface area contributed by atoms with Crippen LogP contribution < -0.4 is 0 Å². The van der Waals surface area contributed by atoms with E-state index in [9.17, 15) is 0 Å². The monoisotopic (exact) mass is 239 g/mol. The van der Waals surface area contributed by atoms with Crippen LogP contribution in [-0.4, -0.2) is 72.1 Å². The van der Waals surface area contributed by atoms with Gasteiger partial charge in [-0.1, -0.05) is 0 Å². The Morgan fingerprint density at radius 2 is 1.59 bits per heavy atom. The molecular formula is C14H29N3. The van der Waals surface area contributed by atoms with Gasteiger partial charge in [-0.3, -0.25) is 9.80 Å². The van der Waals surface area contributed by atoms with Crippen LogP contribution in [0.15, 0.2) is 0 Å². The minimum Gasteiger partial charge on any atom is -0.300 e. The van der Waals surface area contributed by atoms with Gasteiger partial charge in [0, 0.05) is 50.3 Å². The van der Waals surface area contributed by atoms with Crippen LogP contribution in [0.2, 0.25) is 0 Å². The minimum absolute atomic E-state index is 0.684. The van der Waals surface area contributed by atoms with Crippen molar-refractivity contribution in [1.29, 1.82) is 0 Å². The number of rotatable bonds is 2. The van der Waals surface area contributed by atoms with E-state index in [-0.39, 0.29) is 0 Å². The molecule has 2 aliphatic rings. The van der Waals surface area contributed by atoms with Crippen molar-refractivity contribution >= 4 is 0 Å². The predicted octanol–water partition coefficient (Wildman–Crippen LogP) is 1.49. The summed E-state index contributed by atoms with van der Waals surface area (Å²) in [7, 11) is 2.31. The summed E-state index contributed by atoms with van der Waals surface area (Å²) in [5.41, 5.74) is 0. The maximum Gasteiger partial charge on any atom is 0.0382 e. The molecule has 17 heavy (non-hydrogen) atoms. The minimum atomic E-state index is 0.684. The van der Waals surface area contributed by atoms with Crippen molar-refractivity contribution in [2.45, 2.75) is 58.3 Å². The van der Waals surface area contributed by atoms with E-state index in [1.807, 2.05) is 0 Å². The maximum absolute atomic E-state index is 2.72. The van der Waals surface area contributed by atoms with Gasteiger partial charge in [0.2, 0.25) is 0 Å². The third-order valence-corrected chi connectivity index (χ3v) is 4.67. The normalized spacial score (nSPS) is 33.4. The molecule has 0 amide bonds. The largest absolute Gasteiger partial charge is 0.300 e. The summed E-state index contributed by atoms with van der Waals surface area (Å²) in [6.45, 7) is 14.3. The van der Waals surface area contributed by atoms with Gasteiger partial charge >= 0.3 is 0 Å². The molecule has 3 nitrogen and oxygen atoms in total. The molecule has 2 heterocycles. The summed E-state index contributed by atoms with van der Waals surface area (Å²) in [5.74, 6) is 0. The molecule has 0 bridgehead atoms. The number of piperazine rings is 1. The van der Waals surface area contributed by atoms with Crippen molar-refractivity contribution in [3.05, 3.63) is 0 Å². The van der Waals surface area contributed by atoms with E-state index in [1.165, 1.54) is 32.6 Å². The van der Waals surface area contributed by atoms with Crippen molar-refractivity contribution in [3.63, 3.8) is 0 Å². The molecule has 0 N–H and O–H groups in total. The van der Waals surface area contributed by atoms with Gasteiger partial charge in [-0.15, -0.1) is 0 Å². The molecule has 2 aliphatic heterocycles. The van der Waals surface area contributed by atoms with Gasteiger partial charge in [0.05, 0.1) is 0 Å². The molecule has 2 fully saturated rings. The Kier molecular flexibility index (Phi) is 4.11. The first-order valence-electron chi connectivity index (χ1n) is 7.20. The molecule has 0 radical (unpaired) electrons. The molecule has 2 unspecified atom stereocenters. The first-order valence-corrected chi connectivity index (χ1v) is 7.20. The third-order valence-electron chi connectivity index (χ3n) is 4.67. The lowest BCUT2D eigenvalue weighted by molar-refractivity contribution is -0.0379. The Bertz CT molecular complexity index is 250. The van der Waals surface area contributed by atoms with Gasteiger partial charge in [-0.2, -0.15) is 0 Å². The summed E-state index contributed by atoms with van der Waals surface area (Å²) in [4.78, 5) is 7.95. The smallest absolute Gasteiger partial charge is 0.0382 e. The van der Waals surface area contributed by atoms with Crippen molar-refractivity contribution in [2.24, 2.45) is 0 Å². The number of hydrogen-bond acceptors (Lipinski definition) is 3. The second-order valence-corrected chi connectivity index (χ2v) is 6.32. The van der Waals surface area contributed by atoms with Crippen molar-refractivity contribution in [2.75, 3.05) is 33.2 Å². The first-order chi connectivity index (χ1) is 8.00. The maximum atomic E-state index is 2.72. The molecule has 0 spiro atoms. The van der Waals surface area contributed by atoms with Gasteiger partial charge in [0.1, 0.15) is 0 Å². The Morgan fingerprint density at radius 3 is 2.18 bits per heavy atom. The zero-order valence-corrected chi connectivity index (χ0v) is 12.2. The highest BCUT2D eigenvalue weighted by molar-refractivity contribution is 4.97. The molecule has 0 aliphatic carbocycles. The Balaban J connectivity index is 2.10. The number of hydrogen-bond donors (Lipinski definition) is 0. The summed E-state index contributed by atoms with van der Waals surface area (Å²) in [6, 6.07) is 2.89. The van der Waals surface area contributed by atoms with Crippen LogP contribution in [-0.2, 0) is 0 Å². The second-order valence-electron chi connectivity index (χ2n) is 6.32. The Hall–Kier alpha value is -0.120. The molecule has 0 aromatic carbocycles. The third kappa shape index (κ3) is 2.67.